The number of aryl methyl sites for hydroxylation is 1. The van der Waals surface area contributed by atoms with E-state index in [1.165, 1.54) is 36.8 Å². The molecule has 1 fully saturated rings. The van der Waals surface area contributed by atoms with E-state index in [-0.39, 0.29) is 25.1 Å². The number of carbonyl (C=O) groups excluding carboxylic acids is 1. The van der Waals surface area contributed by atoms with Crippen LogP contribution < -0.4 is 0 Å². The third-order valence-electron chi connectivity index (χ3n) is 6.12. The van der Waals surface area contributed by atoms with Gasteiger partial charge in [-0.15, -0.1) is 6.58 Å². The number of unbranched alkanes of at least 4 members (excludes halogenated alkanes) is 2. The Hall–Kier alpha value is -1.65. The fourth-order valence-electron chi connectivity index (χ4n) is 4.24. The summed E-state index contributed by atoms with van der Waals surface area (Å²) in [6.45, 7) is 7.11. The minimum absolute atomic E-state index is 0.158. The summed E-state index contributed by atoms with van der Waals surface area (Å²) >= 11 is 0. The van der Waals surface area contributed by atoms with Gasteiger partial charge in [0.2, 0.25) is 0 Å². The first-order chi connectivity index (χ1) is 14.7. The van der Waals surface area contributed by atoms with Crippen molar-refractivity contribution in [1.82, 2.24) is 0 Å². The molecule has 1 aliphatic rings. The molecule has 1 N–H and O–H groups in total. The Balaban J connectivity index is 1.73. The van der Waals surface area contributed by atoms with Crippen LogP contribution >= 0.6 is 0 Å². The van der Waals surface area contributed by atoms with Gasteiger partial charge in [-0.3, -0.25) is 4.79 Å². The average molecular weight is 417 g/mol. The normalized spacial score (nSPS) is 19.9. The molecule has 1 heterocycles. The van der Waals surface area contributed by atoms with E-state index < -0.39 is 0 Å². The molecule has 1 saturated heterocycles. The zero-order valence-electron chi connectivity index (χ0n) is 18.7. The van der Waals surface area contributed by atoms with Crippen molar-refractivity contribution in [2.45, 2.75) is 83.2 Å². The first-order valence-corrected chi connectivity index (χ1v) is 11.7. The highest BCUT2D eigenvalue weighted by Gasteiger charge is 2.25. The van der Waals surface area contributed by atoms with Crippen LogP contribution in [-0.4, -0.2) is 37.0 Å². The molecule has 30 heavy (non-hydrogen) atoms. The molecule has 1 aliphatic heterocycles. The monoisotopic (exact) mass is 416 g/mol. The van der Waals surface area contributed by atoms with Crippen molar-refractivity contribution in [3.05, 3.63) is 48.0 Å². The number of benzene rings is 1. The van der Waals surface area contributed by atoms with Gasteiger partial charge in [-0.05, 0) is 62.0 Å². The van der Waals surface area contributed by atoms with Gasteiger partial charge in [0.15, 0.2) is 0 Å². The maximum atomic E-state index is 11.5. The molecule has 0 radical (unpaired) electrons. The van der Waals surface area contributed by atoms with Crippen molar-refractivity contribution in [2.75, 3.05) is 19.8 Å². The largest absolute Gasteiger partial charge is 0.465 e. The smallest absolute Gasteiger partial charge is 0.309 e. The summed E-state index contributed by atoms with van der Waals surface area (Å²) in [5, 5.41) is 9.38. The first-order valence-electron chi connectivity index (χ1n) is 11.7. The Morgan fingerprint density at radius 1 is 1.27 bits per heavy atom. The third-order valence-corrected chi connectivity index (χ3v) is 6.12. The Morgan fingerprint density at radius 3 is 2.70 bits per heavy atom. The number of hydrogen-bond donors (Lipinski definition) is 1. The van der Waals surface area contributed by atoms with E-state index in [9.17, 15) is 9.90 Å². The number of rotatable bonds is 14. The highest BCUT2D eigenvalue weighted by atomic mass is 16.5. The molecular formula is C26H40O4. The summed E-state index contributed by atoms with van der Waals surface area (Å²) in [7, 11) is 0. The Bertz CT molecular complexity index is 602. The number of hydrogen-bond acceptors (Lipinski definition) is 4. The van der Waals surface area contributed by atoms with Crippen LogP contribution in [0.2, 0.25) is 0 Å². The Morgan fingerprint density at radius 2 is 2.07 bits per heavy atom. The predicted octanol–water partition coefficient (Wildman–Crippen LogP) is 5.58. The fraction of sp³-hybridized carbons (Fsp3) is 0.654. The summed E-state index contributed by atoms with van der Waals surface area (Å²) in [4.78, 5) is 11.5. The van der Waals surface area contributed by atoms with Gasteiger partial charge in [0.1, 0.15) is 0 Å². The SMILES string of the molecule is C=CCC(=O)OCCC(CCO)CC1CCC(c2ccc(CCCCC)cc2)CO1. The van der Waals surface area contributed by atoms with E-state index in [0.717, 1.165) is 38.7 Å². The van der Waals surface area contributed by atoms with Crippen molar-refractivity contribution >= 4 is 5.97 Å². The molecule has 2 rings (SSSR count). The van der Waals surface area contributed by atoms with Gasteiger partial charge in [0, 0.05) is 12.5 Å². The van der Waals surface area contributed by atoms with E-state index in [2.05, 4.69) is 37.8 Å². The Kier molecular flexibility index (Phi) is 11.8. The lowest BCUT2D eigenvalue weighted by Gasteiger charge is -2.31. The first kappa shape index (κ1) is 24.6. The van der Waals surface area contributed by atoms with E-state index >= 15 is 0 Å². The molecule has 3 atom stereocenters. The molecule has 168 valence electrons. The van der Waals surface area contributed by atoms with Crippen LogP contribution in [0.25, 0.3) is 0 Å². The zero-order chi connectivity index (χ0) is 21.6. The Labute approximate surface area is 182 Å². The van der Waals surface area contributed by atoms with Crippen LogP contribution in [0.5, 0.6) is 0 Å². The molecule has 0 spiro atoms. The van der Waals surface area contributed by atoms with Crippen LogP contribution in [0.15, 0.2) is 36.9 Å². The number of carbonyl (C=O) groups is 1. The number of aliphatic hydroxyl groups excluding tert-OH is 1. The standard InChI is InChI=1S/C26H40O4/c1-3-5-6-8-21-9-11-23(12-10-21)24-13-14-25(30-20-24)19-22(15-17-27)16-18-29-26(28)7-4-2/h4,9-12,22,24-25,27H,2-3,5-8,13-20H2,1H3. The quantitative estimate of drug-likeness (QED) is 0.244. The average Bonchev–Trinajstić information content (AvgIpc) is 2.75. The summed E-state index contributed by atoms with van der Waals surface area (Å²) in [5.41, 5.74) is 2.82. The van der Waals surface area contributed by atoms with Crippen molar-refractivity contribution in [3.63, 3.8) is 0 Å². The second-order valence-corrected chi connectivity index (χ2v) is 8.54. The van der Waals surface area contributed by atoms with Gasteiger partial charge < -0.3 is 14.6 Å². The van der Waals surface area contributed by atoms with Gasteiger partial charge in [0.05, 0.1) is 25.7 Å². The van der Waals surface area contributed by atoms with E-state index in [4.69, 9.17) is 9.47 Å². The maximum absolute atomic E-state index is 11.5. The zero-order valence-corrected chi connectivity index (χ0v) is 18.7. The highest BCUT2D eigenvalue weighted by molar-refractivity contribution is 5.70. The van der Waals surface area contributed by atoms with Gasteiger partial charge in [-0.25, -0.2) is 0 Å². The molecule has 4 heteroatoms. The van der Waals surface area contributed by atoms with Crippen LogP contribution in [0.1, 0.15) is 81.8 Å². The topological polar surface area (TPSA) is 55.8 Å². The fourth-order valence-corrected chi connectivity index (χ4v) is 4.24. The second-order valence-electron chi connectivity index (χ2n) is 8.54. The van der Waals surface area contributed by atoms with Gasteiger partial charge in [-0.1, -0.05) is 50.1 Å². The highest BCUT2D eigenvalue weighted by Crippen LogP contribution is 2.32. The van der Waals surface area contributed by atoms with Crippen molar-refractivity contribution in [3.8, 4) is 0 Å². The summed E-state index contributed by atoms with van der Waals surface area (Å²) in [6, 6.07) is 9.12. The predicted molar refractivity (Wildman–Crippen MR) is 122 cm³/mol. The molecular weight excluding hydrogens is 376 g/mol. The third kappa shape index (κ3) is 9.01. The van der Waals surface area contributed by atoms with Crippen molar-refractivity contribution < 1.29 is 19.4 Å². The summed E-state index contributed by atoms with van der Waals surface area (Å²) < 4.78 is 11.4. The van der Waals surface area contributed by atoms with Crippen molar-refractivity contribution in [2.24, 2.45) is 5.92 Å². The van der Waals surface area contributed by atoms with E-state index in [1.807, 2.05) is 0 Å². The lowest BCUT2D eigenvalue weighted by Crippen LogP contribution is -2.27. The molecule has 0 saturated carbocycles. The molecule has 0 bridgehead atoms. The maximum Gasteiger partial charge on any atom is 0.309 e. The molecule has 4 nitrogen and oxygen atoms in total. The van der Waals surface area contributed by atoms with Gasteiger partial charge >= 0.3 is 5.97 Å². The molecule has 0 amide bonds. The van der Waals surface area contributed by atoms with E-state index in [0.29, 0.717) is 18.4 Å². The van der Waals surface area contributed by atoms with Gasteiger partial charge in [-0.2, -0.15) is 0 Å². The van der Waals surface area contributed by atoms with Crippen molar-refractivity contribution in [1.29, 1.82) is 0 Å². The second kappa shape index (κ2) is 14.4. The van der Waals surface area contributed by atoms with Crippen LogP contribution in [0.3, 0.4) is 0 Å². The number of esters is 1. The molecule has 0 aromatic heterocycles. The van der Waals surface area contributed by atoms with E-state index in [1.54, 1.807) is 6.08 Å². The minimum atomic E-state index is -0.235. The van der Waals surface area contributed by atoms with Crippen LogP contribution in [-0.2, 0) is 20.7 Å². The van der Waals surface area contributed by atoms with Crippen LogP contribution in [0, 0.1) is 5.92 Å². The van der Waals surface area contributed by atoms with Crippen LogP contribution in [0.4, 0.5) is 0 Å². The molecule has 0 aliphatic carbocycles. The number of ether oxygens (including phenoxy) is 2. The lowest BCUT2D eigenvalue weighted by atomic mass is 9.86. The summed E-state index contributed by atoms with van der Waals surface area (Å²) in [5.74, 6) is 0.554. The molecule has 1 aromatic carbocycles. The lowest BCUT2D eigenvalue weighted by molar-refractivity contribution is -0.143. The summed E-state index contributed by atoms with van der Waals surface area (Å²) in [6.07, 6.45) is 11.6. The molecule has 1 aromatic rings. The minimum Gasteiger partial charge on any atom is -0.465 e. The molecule has 3 unspecified atom stereocenters. The van der Waals surface area contributed by atoms with Gasteiger partial charge in [0.25, 0.3) is 0 Å². The number of aliphatic hydroxyl groups is 1.